The van der Waals surface area contributed by atoms with Gasteiger partial charge in [-0.25, -0.2) is 10.8 Å². The Kier molecular flexibility index (Phi) is 4.84. The first-order chi connectivity index (χ1) is 9.90. The molecule has 2 heterocycles. The summed E-state index contributed by atoms with van der Waals surface area (Å²) < 4.78 is 43.6. The number of halogens is 3. The summed E-state index contributed by atoms with van der Waals surface area (Å²) in [5.74, 6) is 5.28. The number of hydrogen-bond donors (Lipinski definition) is 3. The molecule has 0 amide bonds. The number of nitrogens with two attached hydrogens (primary N) is 1. The largest absolute Gasteiger partial charge is 0.433 e. The van der Waals surface area contributed by atoms with Gasteiger partial charge < -0.3 is 10.1 Å². The van der Waals surface area contributed by atoms with Crippen molar-refractivity contribution in [1.29, 1.82) is 0 Å². The number of aromatic nitrogens is 2. The van der Waals surface area contributed by atoms with E-state index in [2.05, 4.69) is 20.7 Å². The van der Waals surface area contributed by atoms with E-state index < -0.39 is 11.9 Å². The van der Waals surface area contributed by atoms with Crippen molar-refractivity contribution in [3.8, 4) is 0 Å². The molecule has 21 heavy (non-hydrogen) atoms. The van der Waals surface area contributed by atoms with Crippen molar-refractivity contribution in [3.05, 3.63) is 11.8 Å². The number of ether oxygens (including phenoxy) is 1. The summed E-state index contributed by atoms with van der Waals surface area (Å²) >= 11 is 0. The lowest BCUT2D eigenvalue weighted by atomic mass is 9.93. The number of hydrogen-bond acceptors (Lipinski definition) is 6. The molecule has 1 aromatic rings. The first kappa shape index (κ1) is 15.8. The van der Waals surface area contributed by atoms with E-state index in [4.69, 9.17) is 10.6 Å². The van der Waals surface area contributed by atoms with Gasteiger partial charge >= 0.3 is 6.18 Å². The Balaban J connectivity index is 2.14. The Morgan fingerprint density at radius 2 is 2.00 bits per heavy atom. The summed E-state index contributed by atoms with van der Waals surface area (Å²) in [6.07, 6.45) is -2.81. The Bertz CT molecular complexity index is 476. The van der Waals surface area contributed by atoms with Crippen LogP contribution in [0.2, 0.25) is 0 Å². The summed E-state index contributed by atoms with van der Waals surface area (Å²) in [6, 6.07) is 0.868. The van der Waals surface area contributed by atoms with Gasteiger partial charge in [-0.05, 0) is 25.7 Å². The van der Waals surface area contributed by atoms with Gasteiger partial charge in [0, 0.05) is 25.3 Å². The summed E-state index contributed by atoms with van der Waals surface area (Å²) in [5, 5.41) is 3.00. The second-order valence-electron chi connectivity index (χ2n) is 4.99. The maximum atomic E-state index is 12.8. The van der Waals surface area contributed by atoms with Gasteiger partial charge in [0.2, 0.25) is 5.95 Å². The van der Waals surface area contributed by atoms with E-state index in [-0.39, 0.29) is 17.8 Å². The van der Waals surface area contributed by atoms with Gasteiger partial charge in [-0.2, -0.15) is 18.2 Å². The molecule has 2 rings (SSSR count). The zero-order valence-corrected chi connectivity index (χ0v) is 11.6. The second-order valence-corrected chi connectivity index (χ2v) is 4.99. The number of nitrogens with zero attached hydrogens (tertiary/aromatic N) is 2. The van der Waals surface area contributed by atoms with Gasteiger partial charge in [0.25, 0.3) is 0 Å². The fourth-order valence-electron chi connectivity index (χ4n) is 2.30. The van der Waals surface area contributed by atoms with E-state index in [1.165, 1.54) is 0 Å². The minimum Gasteiger partial charge on any atom is -0.381 e. The lowest BCUT2D eigenvalue weighted by Gasteiger charge is -2.28. The van der Waals surface area contributed by atoms with Gasteiger partial charge in [-0.1, -0.05) is 0 Å². The van der Waals surface area contributed by atoms with E-state index in [0.717, 1.165) is 18.9 Å². The smallest absolute Gasteiger partial charge is 0.381 e. The van der Waals surface area contributed by atoms with Crippen molar-refractivity contribution in [2.75, 3.05) is 24.0 Å². The summed E-state index contributed by atoms with van der Waals surface area (Å²) in [5.41, 5.74) is 1.02. The molecule has 0 aromatic carbocycles. The highest BCUT2D eigenvalue weighted by Crippen LogP contribution is 2.30. The maximum absolute atomic E-state index is 12.8. The molecule has 1 fully saturated rings. The zero-order chi connectivity index (χ0) is 15.5. The molecule has 1 saturated heterocycles. The number of nitrogens with one attached hydrogen (secondary N) is 2. The van der Waals surface area contributed by atoms with E-state index >= 15 is 0 Å². The van der Waals surface area contributed by atoms with Crippen molar-refractivity contribution in [1.82, 2.24) is 9.97 Å². The molecule has 0 radical (unpaired) electrons. The molecule has 1 aromatic heterocycles. The van der Waals surface area contributed by atoms with Crippen LogP contribution in [0.25, 0.3) is 0 Å². The standard InChI is InChI=1S/C12H18F3N5O/c1-7(8-2-4-21-5-3-8)17-10-6-9(12(13,14)15)18-11(19-10)20-16/h6-8H,2-5,16H2,1H3,(H2,17,18,19,20). The van der Waals surface area contributed by atoms with Gasteiger partial charge in [-0.3, -0.25) is 5.43 Å². The Morgan fingerprint density at radius 3 is 2.57 bits per heavy atom. The first-order valence-corrected chi connectivity index (χ1v) is 6.67. The number of rotatable bonds is 4. The molecular weight excluding hydrogens is 287 g/mol. The predicted molar refractivity (Wildman–Crippen MR) is 71.5 cm³/mol. The van der Waals surface area contributed by atoms with Crippen LogP contribution in [-0.2, 0) is 10.9 Å². The fourth-order valence-corrected chi connectivity index (χ4v) is 2.30. The van der Waals surface area contributed by atoms with Crippen LogP contribution in [-0.4, -0.2) is 29.2 Å². The average molecular weight is 305 g/mol. The second kappa shape index (κ2) is 6.44. The monoisotopic (exact) mass is 305 g/mol. The quantitative estimate of drug-likeness (QED) is 0.583. The number of anilines is 2. The normalized spacial score (nSPS) is 18.3. The topological polar surface area (TPSA) is 85.1 Å². The van der Waals surface area contributed by atoms with Gasteiger partial charge in [0.1, 0.15) is 5.82 Å². The third-order valence-corrected chi connectivity index (χ3v) is 3.49. The van der Waals surface area contributed by atoms with Crippen LogP contribution < -0.4 is 16.6 Å². The Labute approximate surface area is 120 Å². The molecule has 9 heteroatoms. The Hall–Kier alpha value is -1.61. The molecule has 0 spiro atoms. The van der Waals surface area contributed by atoms with Crippen molar-refractivity contribution in [2.45, 2.75) is 32.0 Å². The minimum absolute atomic E-state index is 0.0180. The average Bonchev–Trinajstić information content (AvgIpc) is 2.46. The van der Waals surface area contributed by atoms with E-state index in [0.29, 0.717) is 19.1 Å². The molecule has 1 atom stereocenters. The minimum atomic E-state index is -4.55. The molecule has 1 aliphatic heterocycles. The van der Waals surface area contributed by atoms with Gasteiger partial charge in [0.05, 0.1) is 0 Å². The third kappa shape index (κ3) is 4.18. The van der Waals surface area contributed by atoms with Crippen LogP contribution in [0.5, 0.6) is 0 Å². The molecule has 4 N–H and O–H groups in total. The highest BCUT2D eigenvalue weighted by molar-refractivity contribution is 5.43. The van der Waals surface area contributed by atoms with Crippen LogP contribution in [0.1, 0.15) is 25.5 Å². The highest BCUT2D eigenvalue weighted by atomic mass is 19.4. The van der Waals surface area contributed by atoms with Crippen LogP contribution >= 0.6 is 0 Å². The van der Waals surface area contributed by atoms with Crippen LogP contribution in [0.15, 0.2) is 6.07 Å². The summed E-state index contributed by atoms with van der Waals surface area (Å²) in [6.45, 7) is 3.26. The molecule has 6 nitrogen and oxygen atoms in total. The van der Waals surface area contributed by atoms with Gasteiger partial charge in [-0.15, -0.1) is 0 Å². The number of hydrazine groups is 1. The van der Waals surface area contributed by atoms with E-state index in [9.17, 15) is 13.2 Å². The molecule has 0 aliphatic carbocycles. The molecule has 118 valence electrons. The van der Waals surface area contributed by atoms with E-state index in [1.807, 2.05) is 6.92 Å². The molecule has 0 saturated carbocycles. The predicted octanol–water partition coefficient (Wildman–Crippen LogP) is 2.01. The molecule has 1 unspecified atom stereocenters. The zero-order valence-electron chi connectivity index (χ0n) is 11.6. The van der Waals surface area contributed by atoms with Crippen molar-refractivity contribution >= 4 is 11.8 Å². The van der Waals surface area contributed by atoms with Crippen LogP contribution in [0, 0.1) is 5.92 Å². The number of alkyl halides is 3. The SMILES string of the molecule is CC(Nc1cc(C(F)(F)F)nc(NN)n1)C1CCOCC1. The summed E-state index contributed by atoms with van der Waals surface area (Å²) in [4.78, 5) is 7.22. The first-order valence-electron chi connectivity index (χ1n) is 6.67. The Morgan fingerprint density at radius 1 is 1.33 bits per heavy atom. The number of nitrogen functional groups attached to an aromatic ring is 1. The molecule has 0 bridgehead atoms. The fraction of sp³-hybridized carbons (Fsp3) is 0.667. The van der Waals surface area contributed by atoms with Gasteiger partial charge in [0.15, 0.2) is 5.69 Å². The van der Waals surface area contributed by atoms with Crippen LogP contribution in [0.4, 0.5) is 24.9 Å². The van der Waals surface area contributed by atoms with Crippen molar-refractivity contribution in [2.24, 2.45) is 11.8 Å². The van der Waals surface area contributed by atoms with E-state index in [1.54, 1.807) is 0 Å². The lowest BCUT2D eigenvalue weighted by Crippen LogP contribution is -2.31. The lowest BCUT2D eigenvalue weighted by molar-refractivity contribution is -0.141. The third-order valence-electron chi connectivity index (χ3n) is 3.49. The van der Waals surface area contributed by atoms with Crippen molar-refractivity contribution < 1.29 is 17.9 Å². The maximum Gasteiger partial charge on any atom is 0.433 e. The van der Waals surface area contributed by atoms with Crippen molar-refractivity contribution in [3.63, 3.8) is 0 Å². The van der Waals surface area contributed by atoms with Crippen LogP contribution in [0.3, 0.4) is 0 Å². The molecule has 1 aliphatic rings. The highest BCUT2D eigenvalue weighted by Gasteiger charge is 2.34. The molecular formula is C12H18F3N5O. The summed E-state index contributed by atoms with van der Waals surface area (Å²) in [7, 11) is 0.